The van der Waals surface area contributed by atoms with Gasteiger partial charge in [-0.1, -0.05) is 30.3 Å². The number of benzene rings is 1. The van der Waals surface area contributed by atoms with E-state index in [1.54, 1.807) is 11.9 Å². The van der Waals surface area contributed by atoms with Gasteiger partial charge in [-0.15, -0.1) is 0 Å². The van der Waals surface area contributed by atoms with E-state index in [0.717, 1.165) is 31.9 Å². The van der Waals surface area contributed by atoms with E-state index in [0.29, 0.717) is 17.1 Å². The summed E-state index contributed by atoms with van der Waals surface area (Å²) >= 11 is 3.28. The molecule has 1 aliphatic heterocycles. The fraction of sp³-hybridized carbons (Fsp3) is 0.450. The number of carbonyl (C=O) groups is 1. The maximum Gasteiger partial charge on any atom is 0.317 e. The first-order valence-electron chi connectivity index (χ1n) is 9.09. The lowest BCUT2D eigenvalue weighted by Gasteiger charge is -2.33. The van der Waals surface area contributed by atoms with Gasteiger partial charge >= 0.3 is 6.03 Å². The molecule has 3 rings (SSSR count). The maximum absolute atomic E-state index is 12.3. The van der Waals surface area contributed by atoms with Gasteiger partial charge in [0.15, 0.2) is 4.67 Å². The highest BCUT2D eigenvalue weighted by Crippen LogP contribution is 2.18. The molecule has 2 heterocycles. The highest BCUT2D eigenvalue weighted by atomic mass is 79.9. The van der Waals surface area contributed by atoms with E-state index in [1.165, 1.54) is 18.4 Å². The molecule has 1 aliphatic rings. The van der Waals surface area contributed by atoms with Gasteiger partial charge in [0, 0.05) is 26.7 Å². The Morgan fingerprint density at radius 3 is 2.85 bits per heavy atom. The van der Waals surface area contributed by atoms with Crippen LogP contribution in [-0.2, 0) is 13.1 Å². The van der Waals surface area contributed by atoms with Gasteiger partial charge in [0.2, 0.25) is 0 Å². The molecule has 1 aromatic heterocycles. The summed E-state index contributed by atoms with van der Waals surface area (Å²) in [5, 5.41) is 3.07. The van der Waals surface area contributed by atoms with Gasteiger partial charge in [0.1, 0.15) is 5.76 Å². The summed E-state index contributed by atoms with van der Waals surface area (Å²) in [4.78, 5) is 16.5. The van der Waals surface area contributed by atoms with Crippen molar-refractivity contribution >= 4 is 22.0 Å². The molecule has 1 saturated heterocycles. The standard InChI is InChI=1S/C20H26BrN3O2/c1-23(15-18-9-10-19(21)26-18)20(25)22-12-17-8-5-11-24(14-17)13-16-6-3-2-4-7-16/h2-4,6-7,9-10,17H,5,8,11-15H2,1H3,(H,22,25). The first kappa shape index (κ1) is 19.0. The number of piperidine rings is 1. The molecule has 1 fully saturated rings. The normalized spacial score (nSPS) is 17.8. The number of nitrogens with zero attached hydrogens (tertiary/aromatic N) is 2. The molecule has 1 aromatic carbocycles. The van der Waals surface area contributed by atoms with E-state index in [-0.39, 0.29) is 6.03 Å². The Morgan fingerprint density at radius 2 is 2.12 bits per heavy atom. The van der Waals surface area contributed by atoms with Crippen molar-refractivity contribution in [3.63, 3.8) is 0 Å². The Labute approximate surface area is 163 Å². The lowest BCUT2D eigenvalue weighted by atomic mass is 9.97. The minimum absolute atomic E-state index is 0.0577. The Morgan fingerprint density at radius 1 is 1.31 bits per heavy atom. The van der Waals surface area contributed by atoms with Gasteiger partial charge in [0.25, 0.3) is 0 Å². The van der Waals surface area contributed by atoms with E-state index >= 15 is 0 Å². The minimum atomic E-state index is -0.0577. The molecule has 1 atom stereocenters. The number of furan rings is 1. The zero-order valence-corrected chi connectivity index (χ0v) is 16.7. The molecule has 1 N–H and O–H groups in total. The number of amides is 2. The summed E-state index contributed by atoms with van der Waals surface area (Å²) in [6.07, 6.45) is 2.35. The third kappa shape index (κ3) is 5.61. The summed E-state index contributed by atoms with van der Waals surface area (Å²) in [6, 6.07) is 14.2. The number of carbonyl (C=O) groups excluding carboxylic acids is 1. The Kier molecular flexibility index (Phi) is 6.74. The number of urea groups is 1. The fourth-order valence-electron chi connectivity index (χ4n) is 3.41. The van der Waals surface area contributed by atoms with Crippen molar-refractivity contribution in [2.45, 2.75) is 25.9 Å². The summed E-state index contributed by atoms with van der Waals surface area (Å²) < 4.78 is 6.14. The van der Waals surface area contributed by atoms with Gasteiger partial charge < -0.3 is 14.6 Å². The quantitative estimate of drug-likeness (QED) is 0.766. The Balaban J connectivity index is 1.42. The smallest absolute Gasteiger partial charge is 0.317 e. The zero-order valence-electron chi connectivity index (χ0n) is 15.2. The molecule has 140 valence electrons. The van der Waals surface area contributed by atoms with Crippen LogP contribution in [0.2, 0.25) is 0 Å². The molecule has 0 bridgehead atoms. The lowest BCUT2D eigenvalue weighted by molar-refractivity contribution is 0.160. The molecule has 0 radical (unpaired) electrons. The van der Waals surface area contributed by atoms with Crippen molar-refractivity contribution < 1.29 is 9.21 Å². The topological polar surface area (TPSA) is 48.7 Å². The molecule has 0 aliphatic carbocycles. The third-order valence-corrected chi connectivity index (χ3v) is 5.19. The van der Waals surface area contributed by atoms with Gasteiger partial charge in [-0.2, -0.15) is 0 Å². The third-order valence-electron chi connectivity index (χ3n) is 4.76. The maximum atomic E-state index is 12.3. The van der Waals surface area contributed by atoms with Crippen LogP contribution in [0.1, 0.15) is 24.2 Å². The summed E-state index contributed by atoms with van der Waals surface area (Å²) in [7, 11) is 1.79. The Bertz CT molecular complexity index is 704. The SMILES string of the molecule is CN(Cc1ccc(Br)o1)C(=O)NCC1CCCN(Cc2ccccc2)C1. The van der Waals surface area contributed by atoms with Crippen LogP contribution in [0.15, 0.2) is 51.6 Å². The second kappa shape index (κ2) is 9.24. The van der Waals surface area contributed by atoms with E-state index in [2.05, 4.69) is 56.5 Å². The molecule has 0 spiro atoms. The minimum Gasteiger partial charge on any atom is -0.452 e. The summed E-state index contributed by atoms with van der Waals surface area (Å²) in [5.74, 6) is 1.27. The van der Waals surface area contributed by atoms with Crippen LogP contribution in [0.3, 0.4) is 0 Å². The summed E-state index contributed by atoms with van der Waals surface area (Å²) in [6.45, 7) is 4.33. The lowest BCUT2D eigenvalue weighted by Crippen LogP contribution is -2.43. The number of hydrogen-bond acceptors (Lipinski definition) is 3. The zero-order chi connectivity index (χ0) is 18.4. The highest BCUT2D eigenvalue weighted by molar-refractivity contribution is 9.10. The average molecular weight is 420 g/mol. The number of likely N-dealkylation sites (tertiary alicyclic amines) is 1. The van der Waals surface area contributed by atoms with Gasteiger partial charge in [0.05, 0.1) is 6.54 Å². The molecule has 5 nitrogen and oxygen atoms in total. The van der Waals surface area contributed by atoms with Gasteiger partial charge in [-0.25, -0.2) is 4.79 Å². The van der Waals surface area contributed by atoms with E-state index < -0.39 is 0 Å². The van der Waals surface area contributed by atoms with Crippen LogP contribution in [0.25, 0.3) is 0 Å². The number of hydrogen-bond donors (Lipinski definition) is 1. The van der Waals surface area contributed by atoms with Crippen LogP contribution >= 0.6 is 15.9 Å². The number of rotatable bonds is 6. The number of halogens is 1. The largest absolute Gasteiger partial charge is 0.452 e. The van der Waals surface area contributed by atoms with Crippen LogP contribution < -0.4 is 5.32 Å². The Hall–Kier alpha value is -1.79. The molecule has 1 unspecified atom stereocenters. The average Bonchev–Trinajstić information content (AvgIpc) is 3.05. The van der Waals surface area contributed by atoms with Crippen LogP contribution in [0, 0.1) is 5.92 Å². The second-order valence-corrected chi connectivity index (χ2v) is 7.76. The molecule has 0 saturated carbocycles. The van der Waals surface area contributed by atoms with Gasteiger partial charge in [-0.05, 0) is 58.9 Å². The first-order valence-corrected chi connectivity index (χ1v) is 9.89. The van der Waals surface area contributed by atoms with Crippen LogP contribution in [0.4, 0.5) is 4.79 Å². The fourth-order valence-corrected chi connectivity index (χ4v) is 3.75. The van der Waals surface area contributed by atoms with Gasteiger partial charge in [-0.3, -0.25) is 4.90 Å². The molecule has 2 amide bonds. The number of nitrogens with one attached hydrogen (secondary N) is 1. The van der Waals surface area contributed by atoms with Crippen molar-refractivity contribution in [3.8, 4) is 0 Å². The van der Waals surface area contributed by atoms with Crippen molar-refractivity contribution in [1.82, 2.24) is 15.1 Å². The molecular weight excluding hydrogens is 394 g/mol. The molecule has 6 heteroatoms. The summed E-state index contributed by atoms with van der Waals surface area (Å²) in [5.41, 5.74) is 1.35. The monoisotopic (exact) mass is 419 g/mol. The predicted molar refractivity (Wildman–Crippen MR) is 106 cm³/mol. The van der Waals surface area contributed by atoms with Crippen molar-refractivity contribution in [2.75, 3.05) is 26.7 Å². The molecule has 2 aromatic rings. The second-order valence-electron chi connectivity index (χ2n) is 6.98. The van der Waals surface area contributed by atoms with E-state index in [1.807, 2.05) is 12.1 Å². The van der Waals surface area contributed by atoms with Crippen LogP contribution in [0.5, 0.6) is 0 Å². The van der Waals surface area contributed by atoms with E-state index in [4.69, 9.17) is 4.42 Å². The van der Waals surface area contributed by atoms with Crippen LogP contribution in [-0.4, -0.2) is 42.5 Å². The van der Waals surface area contributed by atoms with E-state index in [9.17, 15) is 4.79 Å². The van der Waals surface area contributed by atoms with Crippen molar-refractivity contribution in [1.29, 1.82) is 0 Å². The van der Waals surface area contributed by atoms with Crippen molar-refractivity contribution in [3.05, 3.63) is 58.5 Å². The highest BCUT2D eigenvalue weighted by Gasteiger charge is 2.21. The van der Waals surface area contributed by atoms with Crippen molar-refractivity contribution in [2.24, 2.45) is 5.92 Å². The molecular formula is C20H26BrN3O2. The predicted octanol–water partition coefficient (Wildman–Crippen LogP) is 4.10. The first-order chi connectivity index (χ1) is 12.6. The molecule has 26 heavy (non-hydrogen) atoms.